The number of carboxylic acids is 1. The number of carbonyl (C=O) groups is 2. The molecule has 5 nitrogen and oxygen atoms in total. The standard InChI is InChI=1S/C14H18FNO4/c1-2-20-14(19)16-11-8-5-7-10(13(11)15)6-3-4-9-12(17)18/h5,7-8H,2-4,6,9H2,1H3,(H,16,19)(H,17,18). The van der Waals surface area contributed by atoms with E-state index in [1.165, 1.54) is 6.07 Å². The van der Waals surface area contributed by atoms with E-state index in [9.17, 15) is 14.0 Å². The van der Waals surface area contributed by atoms with Gasteiger partial charge in [0.1, 0.15) is 5.82 Å². The van der Waals surface area contributed by atoms with Gasteiger partial charge in [-0.05, 0) is 37.8 Å². The molecule has 0 fully saturated rings. The molecule has 0 aromatic heterocycles. The van der Waals surface area contributed by atoms with Crippen LogP contribution in [0.1, 0.15) is 31.7 Å². The van der Waals surface area contributed by atoms with Crippen molar-refractivity contribution in [1.82, 2.24) is 0 Å². The zero-order valence-electron chi connectivity index (χ0n) is 11.3. The molecule has 1 amide bonds. The second-order valence-electron chi connectivity index (χ2n) is 4.22. The zero-order chi connectivity index (χ0) is 15.0. The van der Waals surface area contributed by atoms with Gasteiger partial charge in [-0.2, -0.15) is 0 Å². The first-order chi connectivity index (χ1) is 9.54. The van der Waals surface area contributed by atoms with Crippen LogP contribution in [0, 0.1) is 5.82 Å². The normalized spacial score (nSPS) is 10.1. The van der Waals surface area contributed by atoms with Crippen LogP contribution in [0.5, 0.6) is 0 Å². The maximum Gasteiger partial charge on any atom is 0.411 e. The van der Waals surface area contributed by atoms with Crippen LogP contribution in [0.2, 0.25) is 0 Å². The van der Waals surface area contributed by atoms with E-state index in [2.05, 4.69) is 10.1 Å². The summed E-state index contributed by atoms with van der Waals surface area (Å²) < 4.78 is 18.8. The summed E-state index contributed by atoms with van der Waals surface area (Å²) in [5, 5.41) is 10.9. The number of anilines is 1. The van der Waals surface area contributed by atoms with Gasteiger partial charge in [0.05, 0.1) is 12.3 Å². The van der Waals surface area contributed by atoms with Crippen molar-refractivity contribution >= 4 is 17.7 Å². The molecule has 20 heavy (non-hydrogen) atoms. The van der Waals surface area contributed by atoms with Crippen LogP contribution in [0.15, 0.2) is 18.2 Å². The van der Waals surface area contributed by atoms with Gasteiger partial charge in [-0.1, -0.05) is 12.1 Å². The first-order valence-corrected chi connectivity index (χ1v) is 6.47. The first-order valence-electron chi connectivity index (χ1n) is 6.47. The molecular weight excluding hydrogens is 265 g/mol. The third-order valence-corrected chi connectivity index (χ3v) is 2.68. The molecule has 0 atom stereocenters. The maximum atomic E-state index is 14.1. The lowest BCUT2D eigenvalue weighted by Crippen LogP contribution is -2.14. The Bertz CT molecular complexity index is 476. The Hall–Kier alpha value is -2.11. The van der Waals surface area contributed by atoms with Crippen LogP contribution in [0.25, 0.3) is 0 Å². The highest BCUT2D eigenvalue weighted by Crippen LogP contribution is 2.20. The lowest BCUT2D eigenvalue weighted by molar-refractivity contribution is -0.137. The Morgan fingerprint density at radius 3 is 2.75 bits per heavy atom. The molecule has 0 bridgehead atoms. The first kappa shape index (κ1) is 15.9. The lowest BCUT2D eigenvalue weighted by Gasteiger charge is -2.09. The molecule has 2 N–H and O–H groups in total. The Kier molecular flexibility index (Phi) is 6.49. The third kappa shape index (κ3) is 5.26. The number of aryl methyl sites for hydroxylation is 1. The van der Waals surface area contributed by atoms with E-state index in [1.807, 2.05) is 0 Å². The number of amides is 1. The summed E-state index contributed by atoms with van der Waals surface area (Å²) >= 11 is 0. The highest BCUT2D eigenvalue weighted by Gasteiger charge is 2.11. The van der Waals surface area contributed by atoms with E-state index in [0.717, 1.165) is 0 Å². The molecule has 0 aliphatic rings. The van der Waals surface area contributed by atoms with Crippen molar-refractivity contribution in [3.05, 3.63) is 29.6 Å². The Balaban J connectivity index is 2.60. The fourth-order valence-electron chi connectivity index (χ4n) is 1.74. The minimum atomic E-state index is -0.858. The molecule has 1 aromatic rings. The molecule has 110 valence electrons. The number of hydrogen-bond donors (Lipinski definition) is 2. The van der Waals surface area contributed by atoms with Crippen molar-refractivity contribution < 1.29 is 23.8 Å². The van der Waals surface area contributed by atoms with E-state index in [0.29, 0.717) is 24.8 Å². The molecule has 6 heteroatoms. The summed E-state index contributed by atoms with van der Waals surface area (Å²) in [5.74, 6) is -1.36. The molecule has 0 aliphatic carbocycles. The van der Waals surface area contributed by atoms with E-state index < -0.39 is 17.9 Å². The van der Waals surface area contributed by atoms with Gasteiger partial charge in [0, 0.05) is 6.42 Å². The molecule has 0 unspecified atom stereocenters. The minimum Gasteiger partial charge on any atom is -0.481 e. The predicted molar refractivity (Wildman–Crippen MR) is 72.2 cm³/mol. The molecule has 0 saturated heterocycles. The van der Waals surface area contributed by atoms with Gasteiger partial charge in [-0.15, -0.1) is 0 Å². The van der Waals surface area contributed by atoms with E-state index in [4.69, 9.17) is 5.11 Å². The molecule has 0 saturated carbocycles. The Morgan fingerprint density at radius 1 is 1.35 bits per heavy atom. The SMILES string of the molecule is CCOC(=O)Nc1cccc(CCCCC(=O)O)c1F. The van der Waals surface area contributed by atoms with Gasteiger partial charge < -0.3 is 9.84 Å². The molecule has 0 radical (unpaired) electrons. The fraction of sp³-hybridized carbons (Fsp3) is 0.429. The van der Waals surface area contributed by atoms with Gasteiger partial charge in [-0.25, -0.2) is 9.18 Å². The van der Waals surface area contributed by atoms with E-state index >= 15 is 0 Å². The number of aliphatic carboxylic acids is 1. The predicted octanol–water partition coefficient (Wildman–Crippen LogP) is 3.19. The summed E-state index contributed by atoms with van der Waals surface area (Å²) in [6.45, 7) is 1.87. The van der Waals surface area contributed by atoms with Gasteiger partial charge >= 0.3 is 12.1 Å². The largest absolute Gasteiger partial charge is 0.481 e. The van der Waals surface area contributed by atoms with Crippen LogP contribution < -0.4 is 5.32 Å². The number of unbranched alkanes of at least 4 members (excludes halogenated alkanes) is 1. The highest BCUT2D eigenvalue weighted by molar-refractivity contribution is 5.84. The van der Waals surface area contributed by atoms with Gasteiger partial charge in [0.15, 0.2) is 0 Å². The number of carboxylic acid groups (broad SMARTS) is 1. The average Bonchev–Trinajstić information content (AvgIpc) is 2.38. The van der Waals surface area contributed by atoms with Gasteiger partial charge in [0.2, 0.25) is 0 Å². The Labute approximate surface area is 116 Å². The van der Waals surface area contributed by atoms with Gasteiger partial charge in [-0.3, -0.25) is 10.1 Å². The lowest BCUT2D eigenvalue weighted by atomic mass is 10.1. The van der Waals surface area contributed by atoms with Crippen molar-refractivity contribution in [2.75, 3.05) is 11.9 Å². The second kappa shape index (κ2) is 8.14. The number of carbonyl (C=O) groups excluding carboxylic acids is 1. The summed E-state index contributed by atoms with van der Waals surface area (Å²) in [4.78, 5) is 21.6. The van der Waals surface area contributed by atoms with Crippen LogP contribution in [-0.4, -0.2) is 23.8 Å². The van der Waals surface area contributed by atoms with E-state index in [-0.39, 0.29) is 18.7 Å². The third-order valence-electron chi connectivity index (χ3n) is 2.68. The van der Waals surface area contributed by atoms with Crippen molar-refractivity contribution in [2.45, 2.75) is 32.6 Å². The molecule has 0 spiro atoms. The zero-order valence-corrected chi connectivity index (χ0v) is 11.3. The highest BCUT2D eigenvalue weighted by atomic mass is 19.1. The minimum absolute atomic E-state index is 0.0687. The number of benzene rings is 1. The number of halogens is 1. The van der Waals surface area contributed by atoms with Crippen LogP contribution in [0.4, 0.5) is 14.9 Å². The quantitative estimate of drug-likeness (QED) is 0.753. The molecule has 0 heterocycles. The monoisotopic (exact) mass is 283 g/mol. The summed E-state index contributed by atoms with van der Waals surface area (Å²) in [6.07, 6.45) is 0.866. The van der Waals surface area contributed by atoms with E-state index in [1.54, 1.807) is 19.1 Å². The van der Waals surface area contributed by atoms with Crippen molar-refractivity contribution in [1.29, 1.82) is 0 Å². The van der Waals surface area contributed by atoms with Crippen LogP contribution in [0.3, 0.4) is 0 Å². The van der Waals surface area contributed by atoms with Crippen LogP contribution >= 0.6 is 0 Å². The Morgan fingerprint density at radius 2 is 2.10 bits per heavy atom. The number of nitrogens with one attached hydrogen (secondary N) is 1. The van der Waals surface area contributed by atoms with Crippen molar-refractivity contribution in [3.8, 4) is 0 Å². The fourth-order valence-corrected chi connectivity index (χ4v) is 1.74. The second-order valence-corrected chi connectivity index (χ2v) is 4.22. The maximum absolute atomic E-state index is 14.1. The molecule has 1 rings (SSSR count). The van der Waals surface area contributed by atoms with Crippen LogP contribution in [-0.2, 0) is 16.0 Å². The van der Waals surface area contributed by atoms with Crippen molar-refractivity contribution in [2.24, 2.45) is 0 Å². The average molecular weight is 283 g/mol. The molecule has 1 aromatic carbocycles. The smallest absolute Gasteiger partial charge is 0.411 e. The summed E-state index contributed by atoms with van der Waals surface area (Å²) in [6, 6.07) is 4.70. The topological polar surface area (TPSA) is 75.6 Å². The van der Waals surface area contributed by atoms with Gasteiger partial charge in [0.25, 0.3) is 0 Å². The summed E-state index contributed by atoms with van der Waals surface area (Å²) in [5.41, 5.74) is 0.517. The molecular formula is C14H18FNO4. The summed E-state index contributed by atoms with van der Waals surface area (Å²) in [7, 11) is 0. The number of rotatable bonds is 7. The number of hydrogen-bond acceptors (Lipinski definition) is 3. The molecule has 0 aliphatic heterocycles. The van der Waals surface area contributed by atoms with Crippen molar-refractivity contribution in [3.63, 3.8) is 0 Å². The number of ether oxygens (including phenoxy) is 1.